The molecule has 0 bridgehead atoms. The summed E-state index contributed by atoms with van der Waals surface area (Å²) in [7, 11) is 1.39. The van der Waals surface area contributed by atoms with Gasteiger partial charge in [0.1, 0.15) is 0 Å². The smallest absolute Gasteiger partial charge is 0.331 e. The van der Waals surface area contributed by atoms with Gasteiger partial charge < -0.3 is 15.2 Å². The minimum atomic E-state index is -1.37. The van der Waals surface area contributed by atoms with E-state index in [-0.39, 0.29) is 18.3 Å². The molecule has 0 radical (unpaired) electrons. The number of rotatable bonds is 8. The summed E-state index contributed by atoms with van der Waals surface area (Å²) >= 11 is 1.37. The van der Waals surface area contributed by atoms with Crippen LogP contribution < -0.4 is 5.32 Å². The minimum absolute atomic E-state index is 0.0692. The summed E-state index contributed by atoms with van der Waals surface area (Å²) in [6.07, 6.45) is 1.68. The van der Waals surface area contributed by atoms with E-state index >= 15 is 0 Å². The Labute approximate surface area is 99.2 Å². The summed E-state index contributed by atoms with van der Waals surface area (Å²) in [5.74, 6) is -0.578. The molecule has 0 aliphatic carbocycles. The number of amides is 1. The van der Waals surface area contributed by atoms with Crippen molar-refractivity contribution < 1.29 is 19.4 Å². The Kier molecular flexibility index (Phi) is 6.83. The molecule has 0 fully saturated rings. The van der Waals surface area contributed by atoms with Gasteiger partial charge in [0.05, 0.1) is 12.4 Å². The predicted molar refractivity (Wildman–Crippen MR) is 63.6 cm³/mol. The molecule has 0 heterocycles. The highest BCUT2D eigenvalue weighted by atomic mass is 32.2. The van der Waals surface area contributed by atoms with Crippen LogP contribution >= 0.6 is 11.8 Å². The second kappa shape index (κ2) is 7.29. The van der Waals surface area contributed by atoms with E-state index in [9.17, 15) is 9.59 Å². The first-order valence-electron chi connectivity index (χ1n) is 4.68. The number of carboxylic acid groups (broad SMARTS) is 1. The molecule has 6 heteroatoms. The van der Waals surface area contributed by atoms with E-state index < -0.39 is 11.5 Å². The number of ether oxygens (including phenoxy) is 1. The molecule has 1 amide bonds. The summed E-state index contributed by atoms with van der Waals surface area (Å²) < 4.78 is 4.78. The lowest BCUT2D eigenvalue weighted by atomic mass is 10.0. The Hall–Kier alpha value is -1.01. The van der Waals surface area contributed by atoms with Gasteiger partial charge in [-0.15, -0.1) is 18.3 Å². The van der Waals surface area contributed by atoms with Gasteiger partial charge in [-0.2, -0.15) is 0 Å². The second-order valence-corrected chi connectivity index (χ2v) is 4.45. The lowest BCUT2D eigenvalue weighted by molar-refractivity contribution is -0.148. The van der Waals surface area contributed by atoms with Crippen LogP contribution in [0, 0.1) is 0 Å². The van der Waals surface area contributed by atoms with Crippen LogP contribution in [0.4, 0.5) is 0 Å². The molecule has 0 aromatic heterocycles. The van der Waals surface area contributed by atoms with E-state index in [0.717, 1.165) is 0 Å². The maximum absolute atomic E-state index is 11.4. The molecule has 0 aliphatic rings. The quantitative estimate of drug-likeness (QED) is 0.483. The molecule has 0 aromatic carbocycles. The Morgan fingerprint density at radius 3 is 2.69 bits per heavy atom. The molecule has 16 heavy (non-hydrogen) atoms. The summed E-state index contributed by atoms with van der Waals surface area (Å²) in [4.78, 5) is 22.4. The molecule has 0 saturated carbocycles. The largest absolute Gasteiger partial charge is 0.479 e. The van der Waals surface area contributed by atoms with Crippen LogP contribution in [-0.4, -0.2) is 47.7 Å². The highest BCUT2D eigenvalue weighted by molar-refractivity contribution is 8.00. The van der Waals surface area contributed by atoms with Crippen LogP contribution in [0.25, 0.3) is 0 Å². The van der Waals surface area contributed by atoms with Gasteiger partial charge in [0.15, 0.2) is 5.54 Å². The van der Waals surface area contributed by atoms with Gasteiger partial charge in [-0.1, -0.05) is 6.08 Å². The maximum atomic E-state index is 11.4. The fraction of sp³-hybridized carbons (Fsp3) is 0.600. The third-order valence-corrected chi connectivity index (χ3v) is 2.73. The summed E-state index contributed by atoms with van der Waals surface area (Å²) in [6, 6.07) is 0. The van der Waals surface area contributed by atoms with E-state index in [1.54, 1.807) is 6.08 Å². The zero-order chi connectivity index (χ0) is 12.6. The molecule has 0 spiro atoms. The van der Waals surface area contributed by atoms with E-state index in [1.807, 2.05) is 0 Å². The normalized spacial score (nSPS) is 13.9. The van der Waals surface area contributed by atoms with Crippen LogP contribution in [0.15, 0.2) is 12.7 Å². The molecule has 0 aliphatic heterocycles. The zero-order valence-corrected chi connectivity index (χ0v) is 10.3. The van der Waals surface area contributed by atoms with Gasteiger partial charge in [-0.05, 0) is 6.92 Å². The molecule has 5 nitrogen and oxygen atoms in total. The van der Waals surface area contributed by atoms with Crippen molar-refractivity contribution in [2.75, 3.05) is 25.2 Å². The first-order valence-corrected chi connectivity index (χ1v) is 5.83. The average molecular weight is 247 g/mol. The Bertz CT molecular complexity index is 270. The van der Waals surface area contributed by atoms with Gasteiger partial charge in [0.2, 0.25) is 5.91 Å². The van der Waals surface area contributed by atoms with Crippen molar-refractivity contribution in [1.29, 1.82) is 0 Å². The van der Waals surface area contributed by atoms with Crippen molar-refractivity contribution in [3.63, 3.8) is 0 Å². The summed E-state index contributed by atoms with van der Waals surface area (Å²) in [5, 5.41) is 11.4. The molecule has 2 N–H and O–H groups in total. The van der Waals surface area contributed by atoms with Crippen LogP contribution in [0.3, 0.4) is 0 Å². The lowest BCUT2D eigenvalue weighted by Crippen LogP contribution is -2.55. The molecule has 0 saturated heterocycles. The number of nitrogens with one attached hydrogen (secondary N) is 1. The van der Waals surface area contributed by atoms with E-state index in [1.165, 1.54) is 25.8 Å². The SMILES string of the molecule is C=CCSCC(=O)NC(C)(COC)C(=O)O. The average Bonchev–Trinajstić information content (AvgIpc) is 2.18. The molecule has 0 aromatic rings. The third-order valence-electron chi connectivity index (χ3n) is 1.79. The van der Waals surface area contributed by atoms with Crippen molar-refractivity contribution in [2.24, 2.45) is 0 Å². The molecule has 1 unspecified atom stereocenters. The molecule has 0 rings (SSSR count). The second-order valence-electron chi connectivity index (χ2n) is 3.42. The standard InChI is InChI=1S/C10H17NO4S/c1-4-5-16-6-8(12)11-10(2,7-15-3)9(13)14/h4H,1,5-7H2,2-3H3,(H,11,12)(H,13,14). The zero-order valence-electron chi connectivity index (χ0n) is 9.49. The highest BCUT2D eigenvalue weighted by Gasteiger charge is 2.34. The van der Waals surface area contributed by atoms with Crippen LogP contribution in [0.1, 0.15) is 6.92 Å². The number of carboxylic acids is 1. The van der Waals surface area contributed by atoms with Gasteiger partial charge in [0.25, 0.3) is 0 Å². The first kappa shape index (κ1) is 15.0. The predicted octanol–water partition coefficient (Wildman–Crippen LogP) is 0.512. The maximum Gasteiger partial charge on any atom is 0.331 e. The summed E-state index contributed by atoms with van der Waals surface area (Å²) in [6.45, 7) is 4.87. The number of thioether (sulfide) groups is 1. The van der Waals surface area contributed by atoms with Crippen LogP contribution in [0.2, 0.25) is 0 Å². The highest BCUT2D eigenvalue weighted by Crippen LogP contribution is 2.06. The fourth-order valence-corrected chi connectivity index (χ4v) is 1.56. The topological polar surface area (TPSA) is 75.6 Å². The fourth-order valence-electron chi connectivity index (χ4n) is 1.02. The van der Waals surface area contributed by atoms with Crippen LogP contribution in [-0.2, 0) is 14.3 Å². The summed E-state index contributed by atoms with van der Waals surface area (Å²) in [5.41, 5.74) is -1.37. The Balaban J connectivity index is 4.23. The molecule has 92 valence electrons. The van der Waals surface area contributed by atoms with Crippen LogP contribution in [0.5, 0.6) is 0 Å². The number of hydrogen-bond acceptors (Lipinski definition) is 4. The number of methoxy groups -OCH3 is 1. The van der Waals surface area contributed by atoms with Crippen molar-refractivity contribution in [3.8, 4) is 0 Å². The Morgan fingerprint density at radius 2 is 2.25 bits per heavy atom. The molecular weight excluding hydrogens is 230 g/mol. The van der Waals surface area contributed by atoms with Crippen molar-refractivity contribution in [3.05, 3.63) is 12.7 Å². The Morgan fingerprint density at radius 1 is 1.62 bits per heavy atom. The number of aliphatic carboxylic acids is 1. The van der Waals surface area contributed by atoms with E-state index in [4.69, 9.17) is 9.84 Å². The van der Waals surface area contributed by atoms with Crippen molar-refractivity contribution in [1.82, 2.24) is 5.32 Å². The van der Waals surface area contributed by atoms with Crippen molar-refractivity contribution in [2.45, 2.75) is 12.5 Å². The number of hydrogen-bond donors (Lipinski definition) is 2. The van der Waals surface area contributed by atoms with E-state index in [2.05, 4.69) is 11.9 Å². The molecule has 1 atom stereocenters. The van der Waals surface area contributed by atoms with Crippen molar-refractivity contribution >= 4 is 23.6 Å². The van der Waals surface area contributed by atoms with Gasteiger partial charge in [0, 0.05) is 12.9 Å². The van der Waals surface area contributed by atoms with Gasteiger partial charge >= 0.3 is 5.97 Å². The van der Waals surface area contributed by atoms with Gasteiger partial charge in [-0.25, -0.2) is 4.79 Å². The third kappa shape index (κ3) is 5.18. The molecular formula is C10H17NO4S. The van der Waals surface area contributed by atoms with Gasteiger partial charge in [-0.3, -0.25) is 4.79 Å². The number of carbonyl (C=O) groups is 2. The minimum Gasteiger partial charge on any atom is -0.479 e. The van der Waals surface area contributed by atoms with E-state index in [0.29, 0.717) is 5.75 Å². The monoisotopic (exact) mass is 247 g/mol. The lowest BCUT2D eigenvalue weighted by Gasteiger charge is -2.25. The first-order chi connectivity index (χ1) is 7.46. The number of carbonyl (C=O) groups excluding carboxylic acids is 1.